The van der Waals surface area contributed by atoms with Crippen LogP contribution < -0.4 is 0 Å². The standard InChI is InChI=1S/C20H22Br2F2O2S3/c1-3-15(27-17-11-7-5-9-13(17)23)19(21)29(25,26)20(22)16(4-2)28-18-12-8-6-10-14(18)24/h5-12,15-16,19-20H,3-4H2,1-2H3. The van der Waals surface area contributed by atoms with E-state index < -0.39 is 18.2 Å². The first kappa shape index (κ1) is 25.2. The van der Waals surface area contributed by atoms with E-state index in [1.54, 1.807) is 36.4 Å². The number of sulfone groups is 1. The van der Waals surface area contributed by atoms with Crippen molar-refractivity contribution in [3.8, 4) is 0 Å². The van der Waals surface area contributed by atoms with Crippen molar-refractivity contribution in [3.63, 3.8) is 0 Å². The maximum atomic E-state index is 14.0. The smallest absolute Gasteiger partial charge is 0.178 e. The van der Waals surface area contributed by atoms with E-state index in [0.29, 0.717) is 22.6 Å². The summed E-state index contributed by atoms with van der Waals surface area (Å²) in [6, 6.07) is 12.7. The zero-order valence-corrected chi connectivity index (χ0v) is 21.5. The van der Waals surface area contributed by atoms with E-state index >= 15 is 0 Å². The van der Waals surface area contributed by atoms with Gasteiger partial charge in [0.1, 0.15) is 20.0 Å². The fourth-order valence-electron chi connectivity index (χ4n) is 2.60. The fourth-order valence-corrected chi connectivity index (χ4v) is 10.9. The lowest BCUT2D eigenvalue weighted by Crippen LogP contribution is -2.36. The third kappa shape index (κ3) is 6.45. The Balaban J connectivity index is 2.21. The van der Waals surface area contributed by atoms with Gasteiger partial charge in [-0.05, 0) is 37.1 Å². The summed E-state index contributed by atoms with van der Waals surface area (Å²) in [7, 11) is -3.68. The van der Waals surface area contributed by atoms with Gasteiger partial charge in [0.2, 0.25) is 0 Å². The molecule has 0 amide bonds. The molecular formula is C20H22Br2F2O2S3. The van der Waals surface area contributed by atoms with Gasteiger partial charge in [-0.3, -0.25) is 0 Å². The van der Waals surface area contributed by atoms with Crippen LogP contribution in [-0.4, -0.2) is 27.2 Å². The minimum Gasteiger partial charge on any atom is -0.226 e. The molecule has 0 N–H and O–H groups in total. The van der Waals surface area contributed by atoms with Crippen molar-refractivity contribution in [2.24, 2.45) is 0 Å². The molecule has 9 heteroatoms. The van der Waals surface area contributed by atoms with Crippen LogP contribution in [0, 0.1) is 11.6 Å². The Morgan fingerprint density at radius 3 is 1.45 bits per heavy atom. The van der Waals surface area contributed by atoms with Gasteiger partial charge in [0.15, 0.2) is 9.84 Å². The minimum absolute atomic E-state index is 0.370. The van der Waals surface area contributed by atoms with Gasteiger partial charge in [0.05, 0.1) is 0 Å². The molecule has 160 valence electrons. The average Bonchev–Trinajstić information content (AvgIpc) is 2.71. The quantitative estimate of drug-likeness (QED) is 0.216. The summed E-state index contributed by atoms with van der Waals surface area (Å²) in [5, 5.41) is -0.763. The first-order valence-electron chi connectivity index (χ1n) is 9.05. The number of thioether (sulfide) groups is 2. The van der Waals surface area contributed by atoms with Crippen LogP contribution in [-0.2, 0) is 9.84 Å². The molecule has 0 bridgehead atoms. The summed E-state index contributed by atoms with van der Waals surface area (Å²) in [5.74, 6) is -0.741. The van der Waals surface area contributed by atoms with Crippen LogP contribution in [0.3, 0.4) is 0 Å². The molecule has 2 aromatic carbocycles. The first-order chi connectivity index (χ1) is 13.7. The molecule has 0 spiro atoms. The van der Waals surface area contributed by atoms with E-state index in [-0.39, 0.29) is 22.1 Å². The molecule has 2 nitrogen and oxygen atoms in total. The van der Waals surface area contributed by atoms with Crippen LogP contribution in [0.4, 0.5) is 8.78 Å². The van der Waals surface area contributed by atoms with Gasteiger partial charge in [-0.25, -0.2) is 17.2 Å². The Bertz CT molecular complexity index is 845. The largest absolute Gasteiger partial charge is 0.226 e. The molecule has 0 heterocycles. The molecule has 2 aromatic rings. The van der Waals surface area contributed by atoms with Gasteiger partial charge in [0.25, 0.3) is 0 Å². The van der Waals surface area contributed by atoms with Gasteiger partial charge >= 0.3 is 0 Å². The topological polar surface area (TPSA) is 34.1 Å². The highest BCUT2D eigenvalue weighted by molar-refractivity contribution is 9.13. The maximum Gasteiger partial charge on any atom is 0.178 e. The van der Waals surface area contributed by atoms with Crippen molar-refractivity contribution in [1.82, 2.24) is 0 Å². The predicted octanol–water partition coefficient (Wildman–Crippen LogP) is 7.26. The zero-order chi connectivity index (χ0) is 21.6. The summed E-state index contributed by atoms with van der Waals surface area (Å²) in [4.78, 5) is 0.829. The van der Waals surface area contributed by atoms with Gasteiger partial charge in [-0.1, -0.05) is 70.0 Å². The molecule has 4 unspecified atom stereocenters. The number of halogens is 4. The molecule has 0 saturated heterocycles. The highest BCUT2D eigenvalue weighted by Crippen LogP contribution is 2.40. The van der Waals surface area contributed by atoms with E-state index in [1.165, 1.54) is 35.7 Å². The van der Waals surface area contributed by atoms with Gasteiger partial charge in [-0.15, -0.1) is 23.5 Å². The molecule has 0 fully saturated rings. The molecule has 29 heavy (non-hydrogen) atoms. The van der Waals surface area contributed by atoms with Crippen molar-refractivity contribution in [3.05, 3.63) is 60.2 Å². The minimum atomic E-state index is -3.68. The van der Waals surface area contributed by atoms with Crippen LogP contribution >= 0.6 is 55.4 Å². The lowest BCUT2D eigenvalue weighted by molar-refractivity contribution is 0.583. The van der Waals surface area contributed by atoms with Crippen molar-refractivity contribution >= 4 is 65.2 Å². The summed E-state index contributed by atoms with van der Waals surface area (Å²) >= 11 is 9.13. The van der Waals surface area contributed by atoms with Crippen LogP contribution in [0.25, 0.3) is 0 Å². The Morgan fingerprint density at radius 1 is 0.793 bits per heavy atom. The maximum absolute atomic E-state index is 14.0. The molecule has 0 aromatic heterocycles. The fraction of sp³-hybridized carbons (Fsp3) is 0.400. The summed E-state index contributed by atoms with van der Waals surface area (Å²) in [5.41, 5.74) is 0. The molecular weight excluding hydrogens is 566 g/mol. The predicted molar refractivity (Wildman–Crippen MR) is 127 cm³/mol. The third-order valence-electron chi connectivity index (χ3n) is 4.25. The summed E-state index contributed by atoms with van der Waals surface area (Å²) < 4.78 is 52.8. The molecule has 0 aliphatic rings. The zero-order valence-electron chi connectivity index (χ0n) is 15.9. The number of rotatable bonds is 10. The Morgan fingerprint density at radius 2 is 1.14 bits per heavy atom. The second kappa shape index (κ2) is 11.5. The van der Waals surface area contributed by atoms with Crippen LogP contribution in [0.15, 0.2) is 58.3 Å². The van der Waals surface area contributed by atoms with E-state index in [9.17, 15) is 17.2 Å². The highest BCUT2D eigenvalue weighted by Gasteiger charge is 2.40. The first-order valence-corrected chi connectivity index (χ1v) is 14.3. The molecule has 0 radical (unpaired) electrons. The molecule has 0 saturated carbocycles. The van der Waals surface area contributed by atoms with Gasteiger partial charge in [-0.2, -0.15) is 0 Å². The molecule has 0 aliphatic heterocycles. The molecule has 2 rings (SSSR count). The normalized spacial score (nSPS) is 16.2. The average molecular weight is 588 g/mol. The molecule has 0 aliphatic carbocycles. The van der Waals surface area contributed by atoms with Gasteiger partial charge in [0, 0.05) is 20.3 Å². The Hall–Kier alpha value is -0.0900. The van der Waals surface area contributed by atoms with E-state index in [4.69, 9.17) is 0 Å². The number of hydrogen-bond acceptors (Lipinski definition) is 4. The monoisotopic (exact) mass is 586 g/mol. The van der Waals surface area contributed by atoms with E-state index in [1.807, 2.05) is 13.8 Å². The number of benzene rings is 2. The Kier molecular flexibility index (Phi) is 9.99. The number of alkyl halides is 2. The lowest BCUT2D eigenvalue weighted by Gasteiger charge is -2.27. The lowest BCUT2D eigenvalue weighted by atomic mass is 10.3. The van der Waals surface area contributed by atoms with Crippen molar-refractivity contribution in [2.45, 2.75) is 55.3 Å². The van der Waals surface area contributed by atoms with E-state index in [0.717, 1.165) is 0 Å². The summed E-state index contributed by atoms with van der Waals surface area (Å²) in [6.07, 6.45) is 1.07. The van der Waals surface area contributed by atoms with Crippen molar-refractivity contribution in [2.75, 3.05) is 0 Å². The van der Waals surface area contributed by atoms with E-state index in [2.05, 4.69) is 31.9 Å². The van der Waals surface area contributed by atoms with Crippen molar-refractivity contribution in [1.29, 1.82) is 0 Å². The van der Waals surface area contributed by atoms with Crippen molar-refractivity contribution < 1.29 is 17.2 Å². The third-order valence-corrected chi connectivity index (χ3v) is 14.6. The van der Waals surface area contributed by atoms with Gasteiger partial charge < -0.3 is 0 Å². The SMILES string of the molecule is CCC(Sc1ccccc1F)C(Br)S(=O)(=O)C(Br)C(CC)Sc1ccccc1F. The van der Waals surface area contributed by atoms with Crippen LogP contribution in [0.1, 0.15) is 26.7 Å². The number of hydrogen-bond donors (Lipinski definition) is 0. The summed E-state index contributed by atoms with van der Waals surface area (Å²) in [6.45, 7) is 3.74. The molecule has 4 atom stereocenters. The Labute approximate surface area is 196 Å². The highest BCUT2D eigenvalue weighted by atomic mass is 79.9. The van der Waals surface area contributed by atoms with Crippen LogP contribution in [0.2, 0.25) is 0 Å². The second-order valence-electron chi connectivity index (χ2n) is 6.28. The second-order valence-corrected chi connectivity index (χ2v) is 14.2. The van der Waals surface area contributed by atoms with Crippen LogP contribution in [0.5, 0.6) is 0 Å².